The monoisotopic (exact) mass is 381 g/mol. The Morgan fingerprint density at radius 1 is 1.04 bits per heavy atom. The number of carbonyl (C=O) groups excluding carboxylic acids is 1. The van der Waals surface area contributed by atoms with Crippen LogP contribution in [0.5, 0.6) is 0 Å². The molecule has 28 heavy (non-hydrogen) atoms. The molecule has 0 spiro atoms. The standard InChI is InChI=1S/C20H27N7O/c1-15-23-17(14-18(24-15)25-16-6-3-2-4-7-16)19(28)26-10-12-27(13-11-26)20-21-8-5-9-22-20/h5,8-9,14,16H,2-4,6-7,10-13H2,1H3,(H,23,24,25). The van der Waals surface area contributed by atoms with E-state index in [1.807, 2.05) is 11.8 Å². The molecule has 1 amide bonds. The number of hydrogen-bond acceptors (Lipinski definition) is 7. The van der Waals surface area contributed by atoms with E-state index in [1.165, 1.54) is 19.3 Å². The zero-order valence-electron chi connectivity index (χ0n) is 16.3. The Bertz CT molecular complexity index is 799. The minimum Gasteiger partial charge on any atom is -0.367 e. The number of anilines is 2. The van der Waals surface area contributed by atoms with Gasteiger partial charge in [0.15, 0.2) is 0 Å². The first-order valence-corrected chi connectivity index (χ1v) is 10.1. The van der Waals surface area contributed by atoms with Crippen molar-refractivity contribution < 1.29 is 4.79 Å². The molecule has 1 saturated carbocycles. The van der Waals surface area contributed by atoms with Gasteiger partial charge in [0.05, 0.1) is 0 Å². The fraction of sp³-hybridized carbons (Fsp3) is 0.550. The molecule has 0 radical (unpaired) electrons. The molecule has 8 nitrogen and oxygen atoms in total. The molecule has 0 atom stereocenters. The summed E-state index contributed by atoms with van der Waals surface area (Å²) in [6, 6.07) is 4.05. The number of amides is 1. The molecule has 2 aliphatic rings. The number of piperazine rings is 1. The van der Waals surface area contributed by atoms with Crippen LogP contribution in [0.1, 0.15) is 48.4 Å². The molecule has 1 aliphatic heterocycles. The van der Waals surface area contributed by atoms with Crippen molar-refractivity contribution in [3.8, 4) is 0 Å². The lowest BCUT2D eigenvalue weighted by Gasteiger charge is -2.34. The molecule has 4 rings (SSSR count). The Balaban J connectivity index is 1.40. The normalized spacial score (nSPS) is 18.2. The van der Waals surface area contributed by atoms with E-state index in [1.54, 1.807) is 24.5 Å². The van der Waals surface area contributed by atoms with E-state index in [0.717, 1.165) is 18.7 Å². The lowest BCUT2D eigenvalue weighted by molar-refractivity contribution is 0.0740. The van der Waals surface area contributed by atoms with Crippen molar-refractivity contribution in [2.75, 3.05) is 36.4 Å². The van der Waals surface area contributed by atoms with Crippen LogP contribution >= 0.6 is 0 Å². The van der Waals surface area contributed by atoms with Crippen molar-refractivity contribution in [2.45, 2.75) is 45.1 Å². The predicted octanol–water partition coefficient (Wildman–Crippen LogP) is 2.28. The maximum absolute atomic E-state index is 13.0. The predicted molar refractivity (Wildman–Crippen MR) is 107 cm³/mol. The van der Waals surface area contributed by atoms with Gasteiger partial charge in [0, 0.05) is 50.7 Å². The highest BCUT2D eigenvalue weighted by atomic mass is 16.2. The van der Waals surface area contributed by atoms with Crippen molar-refractivity contribution in [1.29, 1.82) is 0 Å². The number of aromatic nitrogens is 4. The number of hydrogen-bond donors (Lipinski definition) is 1. The van der Waals surface area contributed by atoms with E-state index in [0.29, 0.717) is 49.7 Å². The minimum absolute atomic E-state index is 0.0363. The van der Waals surface area contributed by atoms with Gasteiger partial charge in [-0.25, -0.2) is 19.9 Å². The van der Waals surface area contributed by atoms with Crippen molar-refractivity contribution in [1.82, 2.24) is 24.8 Å². The molecule has 0 bridgehead atoms. The molecule has 2 aromatic rings. The van der Waals surface area contributed by atoms with Crippen molar-refractivity contribution >= 4 is 17.7 Å². The van der Waals surface area contributed by atoms with Gasteiger partial charge in [-0.3, -0.25) is 4.79 Å². The molecule has 8 heteroatoms. The van der Waals surface area contributed by atoms with E-state index in [4.69, 9.17) is 0 Å². The van der Waals surface area contributed by atoms with Crippen LogP contribution in [0, 0.1) is 6.92 Å². The van der Waals surface area contributed by atoms with Crippen molar-refractivity contribution in [2.24, 2.45) is 0 Å². The van der Waals surface area contributed by atoms with Gasteiger partial charge >= 0.3 is 0 Å². The molecule has 2 aromatic heterocycles. The number of carbonyl (C=O) groups is 1. The molecule has 2 fully saturated rings. The first kappa shape index (κ1) is 18.6. The van der Waals surface area contributed by atoms with Gasteiger partial charge in [0.2, 0.25) is 5.95 Å². The molecule has 0 unspecified atom stereocenters. The average molecular weight is 381 g/mol. The summed E-state index contributed by atoms with van der Waals surface area (Å²) in [6.45, 7) is 4.53. The molecule has 148 valence electrons. The minimum atomic E-state index is -0.0363. The van der Waals surface area contributed by atoms with E-state index in [2.05, 4.69) is 30.2 Å². The number of nitrogens with zero attached hydrogens (tertiary/aromatic N) is 6. The third-order valence-electron chi connectivity index (χ3n) is 5.42. The Hall–Kier alpha value is -2.77. The molecule has 0 aromatic carbocycles. The quantitative estimate of drug-likeness (QED) is 0.869. The van der Waals surface area contributed by atoms with Gasteiger partial charge in [-0.1, -0.05) is 19.3 Å². The van der Waals surface area contributed by atoms with Crippen LogP contribution in [-0.2, 0) is 0 Å². The highest BCUT2D eigenvalue weighted by molar-refractivity contribution is 5.93. The zero-order valence-corrected chi connectivity index (χ0v) is 16.3. The van der Waals surface area contributed by atoms with E-state index < -0.39 is 0 Å². The molecule has 1 N–H and O–H groups in total. The highest BCUT2D eigenvalue weighted by Crippen LogP contribution is 2.21. The number of nitrogens with one attached hydrogen (secondary N) is 1. The van der Waals surface area contributed by atoms with Crippen LogP contribution in [0.2, 0.25) is 0 Å². The topological polar surface area (TPSA) is 87.1 Å². The first-order chi connectivity index (χ1) is 13.7. The lowest BCUT2D eigenvalue weighted by Crippen LogP contribution is -2.49. The third-order valence-corrected chi connectivity index (χ3v) is 5.42. The summed E-state index contributed by atoms with van der Waals surface area (Å²) < 4.78 is 0. The van der Waals surface area contributed by atoms with Gasteiger partial charge in [0.25, 0.3) is 5.91 Å². The summed E-state index contributed by atoms with van der Waals surface area (Å²) >= 11 is 0. The highest BCUT2D eigenvalue weighted by Gasteiger charge is 2.25. The summed E-state index contributed by atoms with van der Waals surface area (Å²) in [5.74, 6) is 2.07. The molecule has 1 aliphatic carbocycles. The fourth-order valence-electron chi connectivity index (χ4n) is 3.93. The van der Waals surface area contributed by atoms with Gasteiger partial charge in [-0.15, -0.1) is 0 Å². The van der Waals surface area contributed by atoms with E-state index in [9.17, 15) is 4.79 Å². The zero-order chi connectivity index (χ0) is 19.3. The second-order valence-corrected chi connectivity index (χ2v) is 7.49. The molecular formula is C20H27N7O. The number of aryl methyl sites for hydroxylation is 1. The van der Waals surface area contributed by atoms with Crippen LogP contribution in [0.25, 0.3) is 0 Å². The Kier molecular flexibility index (Phi) is 5.64. The maximum atomic E-state index is 13.0. The molecular weight excluding hydrogens is 354 g/mol. The lowest BCUT2D eigenvalue weighted by atomic mass is 9.95. The Labute approximate surface area is 165 Å². The van der Waals surface area contributed by atoms with Gasteiger partial charge < -0.3 is 15.1 Å². The van der Waals surface area contributed by atoms with Crippen LogP contribution in [0.3, 0.4) is 0 Å². The van der Waals surface area contributed by atoms with Gasteiger partial charge in [-0.05, 0) is 25.8 Å². The fourth-order valence-corrected chi connectivity index (χ4v) is 3.93. The maximum Gasteiger partial charge on any atom is 0.272 e. The SMILES string of the molecule is Cc1nc(NC2CCCCC2)cc(C(=O)N2CCN(c3ncccn3)CC2)n1. The second-order valence-electron chi connectivity index (χ2n) is 7.49. The largest absolute Gasteiger partial charge is 0.367 e. The van der Waals surface area contributed by atoms with Gasteiger partial charge in [-0.2, -0.15) is 0 Å². The first-order valence-electron chi connectivity index (χ1n) is 10.1. The van der Waals surface area contributed by atoms with Crippen LogP contribution in [0.15, 0.2) is 24.5 Å². The average Bonchev–Trinajstić information content (AvgIpc) is 2.74. The third kappa shape index (κ3) is 4.37. The van der Waals surface area contributed by atoms with Crippen LogP contribution < -0.4 is 10.2 Å². The Morgan fingerprint density at radius 3 is 2.46 bits per heavy atom. The summed E-state index contributed by atoms with van der Waals surface area (Å²) in [7, 11) is 0. The Morgan fingerprint density at radius 2 is 1.75 bits per heavy atom. The summed E-state index contributed by atoms with van der Waals surface area (Å²) in [4.78, 5) is 34.4. The summed E-state index contributed by atoms with van der Waals surface area (Å²) in [5.41, 5.74) is 0.468. The van der Waals surface area contributed by atoms with Crippen molar-refractivity contribution in [3.63, 3.8) is 0 Å². The van der Waals surface area contributed by atoms with Crippen LogP contribution in [-0.4, -0.2) is 63.0 Å². The number of rotatable bonds is 4. The molecule has 3 heterocycles. The van der Waals surface area contributed by atoms with E-state index in [-0.39, 0.29) is 5.91 Å². The summed E-state index contributed by atoms with van der Waals surface area (Å²) in [5, 5.41) is 3.50. The van der Waals surface area contributed by atoms with Crippen molar-refractivity contribution in [3.05, 3.63) is 36.0 Å². The van der Waals surface area contributed by atoms with E-state index >= 15 is 0 Å². The smallest absolute Gasteiger partial charge is 0.272 e. The van der Waals surface area contributed by atoms with Gasteiger partial charge in [0.1, 0.15) is 17.3 Å². The second kappa shape index (κ2) is 8.50. The summed E-state index contributed by atoms with van der Waals surface area (Å²) in [6.07, 6.45) is 9.62. The van der Waals surface area contributed by atoms with Crippen LogP contribution in [0.4, 0.5) is 11.8 Å². The molecule has 1 saturated heterocycles.